The molecule has 0 bridgehead atoms. The molecule has 0 spiro atoms. The Morgan fingerprint density at radius 3 is 2.52 bits per heavy atom. The molecule has 1 N–H and O–H groups in total. The molecule has 1 atom stereocenters. The Morgan fingerprint density at radius 1 is 1.17 bits per heavy atom. The van der Waals surface area contributed by atoms with E-state index in [-0.39, 0.29) is 5.91 Å². The highest BCUT2D eigenvalue weighted by molar-refractivity contribution is 5.94. The molecule has 1 saturated heterocycles. The van der Waals surface area contributed by atoms with Crippen LogP contribution < -0.4 is 10.2 Å². The molecule has 1 amide bonds. The van der Waals surface area contributed by atoms with Crippen molar-refractivity contribution in [2.75, 3.05) is 30.4 Å². The van der Waals surface area contributed by atoms with Gasteiger partial charge in [0.15, 0.2) is 6.10 Å². The molecule has 1 aliphatic rings. The molecular weight excluding hydrogens is 290 g/mol. The number of pyridine rings is 1. The third-order valence-electron chi connectivity index (χ3n) is 4.05. The molecule has 1 aromatic heterocycles. The largest absolute Gasteiger partial charge is 0.370 e. The highest BCUT2D eigenvalue weighted by Gasteiger charge is 2.20. The second kappa shape index (κ2) is 7.24. The zero-order valence-corrected chi connectivity index (χ0v) is 13.2. The van der Waals surface area contributed by atoms with E-state index in [1.54, 1.807) is 0 Å². The van der Waals surface area contributed by atoms with Gasteiger partial charge in [-0.05, 0) is 30.5 Å². The van der Waals surface area contributed by atoms with Crippen molar-refractivity contribution in [3.63, 3.8) is 0 Å². The van der Waals surface area contributed by atoms with Crippen molar-refractivity contribution in [2.24, 2.45) is 0 Å². The van der Waals surface area contributed by atoms with Crippen LogP contribution in [0.4, 0.5) is 11.5 Å². The first kappa shape index (κ1) is 15.5. The smallest absolute Gasteiger partial charge is 0.259 e. The second-order valence-electron chi connectivity index (χ2n) is 5.61. The zero-order valence-electron chi connectivity index (χ0n) is 13.2. The number of methoxy groups -OCH3 is 1. The minimum absolute atomic E-state index is 0.222. The van der Waals surface area contributed by atoms with Gasteiger partial charge < -0.3 is 15.0 Å². The molecular formula is C18H21N3O2. The molecule has 23 heavy (non-hydrogen) atoms. The Morgan fingerprint density at radius 2 is 1.91 bits per heavy atom. The SMILES string of the molecule is CO[C@@H](C(=O)Nc1ccc(N2CCCC2)cn1)c1ccccc1. The number of carbonyl (C=O) groups is 1. The van der Waals surface area contributed by atoms with Gasteiger partial charge in [0.05, 0.1) is 11.9 Å². The topological polar surface area (TPSA) is 54.5 Å². The van der Waals surface area contributed by atoms with Gasteiger partial charge in [0.25, 0.3) is 5.91 Å². The Kier molecular flexibility index (Phi) is 4.88. The fourth-order valence-corrected chi connectivity index (χ4v) is 2.84. The summed E-state index contributed by atoms with van der Waals surface area (Å²) in [5.41, 5.74) is 1.92. The molecule has 1 aliphatic heterocycles. The van der Waals surface area contributed by atoms with Crippen LogP contribution in [-0.2, 0) is 9.53 Å². The van der Waals surface area contributed by atoms with E-state index >= 15 is 0 Å². The summed E-state index contributed by atoms with van der Waals surface area (Å²) in [5, 5.41) is 2.82. The van der Waals surface area contributed by atoms with Crippen molar-refractivity contribution in [2.45, 2.75) is 18.9 Å². The molecule has 1 aromatic carbocycles. The number of anilines is 2. The van der Waals surface area contributed by atoms with Gasteiger partial charge in [0, 0.05) is 20.2 Å². The van der Waals surface area contributed by atoms with Crippen LogP contribution in [0.2, 0.25) is 0 Å². The number of hydrogen-bond acceptors (Lipinski definition) is 4. The van der Waals surface area contributed by atoms with Crippen molar-refractivity contribution in [3.05, 3.63) is 54.2 Å². The average Bonchev–Trinajstić information content (AvgIpc) is 3.12. The Balaban J connectivity index is 1.67. The van der Waals surface area contributed by atoms with E-state index in [0.717, 1.165) is 24.3 Å². The lowest BCUT2D eigenvalue weighted by atomic mass is 10.1. The first-order chi connectivity index (χ1) is 11.3. The number of hydrogen-bond donors (Lipinski definition) is 1. The summed E-state index contributed by atoms with van der Waals surface area (Å²) >= 11 is 0. The van der Waals surface area contributed by atoms with Crippen LogP contribution in [0.25, 0.3) is 0 Å². The first-order valence-electron chi connectivity index (χ1n) is 7.87. The standard InChI is InChI=1S/C18H21N3O2/c1-23-17(14-7-3-2-4-8-14)18(22)20-16-10-9-15(13-19-16)21-11-5-6-12-21/h2-4,7-10,13,17H,5-6,11-12H2,1H3,(H,19,20,22)/t17-/m1/s1. The molecule has 0 saturated carbocycles. The summed E-state index contributed by atoms with van der Waals surface area (Å²) in [6.07, 6.45) is 3.62. The number of ether oxygens (including phenoxy) is 1. The van der Waals surface area contributed by atoms with Gasteiger partial charge in [0.2, 0.25) is 0 Å². The van der Waals surface area contributed by atoms with E-state index in [9.17, 15) is 4.79 Å². The maximum Gasteiger partial charge on any atom is 0.259 e. The number of rotatable bonds is 5. The van der Waals surface area contributed by atoms with E-state index in [1.165, 1.54) is 20.0 Å². The van der Waals surface area contributed by atoms with Crippen molar-refractivity contribution < 1.29 is 9.53 Å². The number of nitrogens with one attached hydrogen (secondary N) is 1. The monoisotopic (exact) mass is 311 g/mol. The van der Waals surface area contributed by atoms with Gasteiger partial charge in [-0.2, -0.15) is 0 Å². The molecule has 2 aromatic rings. The lowest BCUT2D eigenvalue weighted by Crippen LogP contribution is -2.23. The maximum atomic E-state index is 12.4. The van der Waals surface area contributed by atoms with Gasteiger partial charge in [-0.15, -0.1) is 0 Å². The number of amides is 1. The quantitative estimate of drug-likeness (QED) is 0.922. The van der Waals surface area contributed by atoms with Crippen LogP contribution in [0.15, 0.2) is 48.7 Å². The van der Waals surface area contributed by atoms with E-state index < -0.39 is 6.10 Å². The van der Waals surface area contributed by atoms with Crippen molar-refractivity contribution in [3.8, 4) is 0 Å². The zero-order chi connectivity index (χ0) is 16.1. The lowest BCUT2D eigenvalue weighted by Gasteiger charge is -2.18. The second-order valence-corrected chi connectivity index (χ2v) is 5.61. The lowest BCUT2D eigenvalue weighted by molar-refractivity contribution is -0.126. The first-order valence-corrected chi connectivity index (χ1v) is 7.87. The van der Waals surface area contributed by atoms with Crippen LogP contribution >= 0.6 is 0 Å². The van der Waals surface area contributed by atoms with Crippen LogP contribution in [0.3, 0.4) is 0 Å². The highest BCUT2D eigenvalue weighted by atomic mass is 16.5. The molecule has 0 aliphatic carbocycles. The van der Waals surface area contributed by atoms with Crippen molar-refractivity contribution in [1.82, 2.24) is 4.98 Å². The van der Waals surface area contributed by atoms with Crippen LogP contribution in [-0.4, -0.2) is 31.1 Å². The van der Waals surface area contributed by atoms with Gasteiger partial charge >= 0.3 is 0 Å². The predicted molar refractivity (Wildman–Crippen MR) is 90.5 cm³/mol. The number of carbonyl (C=O) groups excluding carboxylic acids is 1. The normalized spacial score (nSPS) is 15.4. The van der Waals surface area contributed by atoms with Gasteiger partial charge in [-0.1, -0.05) is 30.3 Å². The Hall–Kier alpha value is -2.40. The van der Waals surface area contributed by atoms with Gasteiger partial charge in [0.1, 0.15) is 5.82 Å². The van der Waals surface area contributed by atoms with E-state index in [4.69, 9.17) is 4.74 Å². The van der Waals surface area contributed by atoms with Crippen LogP contribution in [0, 0.1) is 0 Å². The summed E-state index contributed by atoms with van der Waals surface area (Å²) in [6, 6.07) is 13.3. The molecule has 0 radical (unpaired) electrons. The predicted octanol–water partition coefficient (Wildman–Crippen LogP) is 3.01. The minimum atomic E-state index is -0.642. The van der Waals surface area contributed by atoms with Crippen LogP contribution in [0.5, 0.6) is 0 Å². The number of nitrogens with zero attached hydrogens (tertiary/aromatic N) is 2. The molecule has 1 fully saturated rings. The number of benzene rings is 1. The fraction of sp³-hybridized carbons (Fsp3) is 0.333. The summed E-state index contributed by atoms with van der Waals surface area (Å²) < 4.78 is 5.33. The molecule has 5 heteroatoms. The molecule has 0 unspecified atom stereocenters. The summed E-state index contributed by atoms with van der Waals surface area (Å²) in [4.78, 5) is 19.0. The molecule has 120 valence electrons. The highest BCUT2D eigenvalue weighted by Crippen LogP contribution is 2.22. The Labute approximate surface area is 136 Å². The summed E-state index contributed by atoms with van der Waals surface area (Å²) in [5.74, 6) is 0.316. The third-order valence-corrected chi connectivity index (χ3v) is 4.05. The minimum Gasteiger partial charge on any atom is -0.370 e. The maximum absolute atomic E-state index is 12.4. The third kappa shape index (κ3) is 3.68. The Bertz CT molecular complexity index is 637. The average molecular weight is 311 g/mol. The summed E-state index contributed by atoms with van der Waals surface area (Å²) in [6.45, 7) is 2.15. The molecule has 2 heterocycles. The summed E-state index contributed by atoms with van der Waals surface area (Å²) in [7, 11) is 1.53. The van der Waals surface area contributed by atoms with Gasteiger partial charge in [-0.25, -0.2) is 4.98 Å². The van der Waals surface area contributed by atoms with E-state index in [0.29, 0.717) is 5.82 Å². The fourth-order valence-electron chi connectivity index (χ4n) is 2.84. The van der Waals surface area contributed by atoms with Crippen molar-refractivity contribution in [1.29, 1.82) is 0 Å². The van der Waals surface area contributed by atoms with E-state index in [2.05, 4.69) is 15.2 Å². The molecule has 5 nitrogen and oxygen atoms in total. The van der Waals surface area contributed by atoms with Crippen molar-refractivity contribution >= 4 is 17.4 Å². The molecule has 3 rings (SSSR count). The van der Waals surface area contributed by atoms with E-state index in [1.807, 2.05) is 48.7 Å². The number of aromatic nitrogens is 1. The van der Waals surface area contributed by atoms with Crippen LogP contribution in [0.1, 0.15) is 24.5 Å². The van der Waals surface area contributed by atoms with Gasteiger partial charge in [-0.3, -0.25) is 4.79 Å².